The molecule has 0 atom stereocenters. The van der Waals surface area contributed by atoms with E-state index in [4.69, 9.17) is 0 Å². The van der Waals surface area contributed by atoms with Gasteiger partial charge in [0, 0.05) is 16.2 Å². The van der Waals surface area contributed by atoms with E-state index >= 15 is 0 Å². The highest BCUT2D eigenvalue weighted by Gasteiger charge is 2.03. The summed E-state index contributed by atoms with van der Waals surface area (Å²) in [6, 6.07) is 22.2. The highest BCUT2D eigenvalue weighted by atomic mass is 32.1. The minimum absolute atomic E-state index is 0.310. The molecule has 1 aromatic heterocycles. The van der Waals surface area contributed by atoms with Gasteiger partial charge in [-0.3, -0.25) is 0 Å². The molecule has 1 nitrogen and oxygen atoms in total. The molecule has 0 spiro atoms. The Bertz CT molecular complexity index is 653. The van der Waals surface area contributed by atoms with Crippen LogP contribution in [0.3, 0.4) is 0 Å². The van der Waals surface area contributed by atoms with E-state index in [1.165, 1.54) is 15.3 Å². The zero-order chi connectivity index (χ0) is 13.1. The molecule has 2 heteroatoms. The molecule has 1 heterocycles. The van der Waals surface area contributed by atoms with Crippen LogP contribution >= 0.6 is 11.3 Å². The summed E-state index contributed by atoms with van der Waals surface area (Å²) in [6.45, 7) is 0. The molecule has 0 aliphatic heterocycles. The van der Waals surface area contributed by atoms with Crippen LogP contribution in [-0.4, -0.2) is 5.11 Å². The Morgan fingerprint density at radius 1 is 0.789 bits per heavy atom. The van der Waals surface area contributed by atoms with E-state index < -0.39 is 0 Å². The molecule has 3 rings (SSSR count). The lowest BCUT2D eigenvalue weighted by atomic mass is 10.1. The Kier molecular flexibility index (Phi) is 3.34. The average Bonchev–Trinajstić information content (AvgIpc) is 2.89. The normalized spacial score (nSPS) is 10.5. The van der Waals surface area contributed by atoms with Crippen molar-refractivity contribution >= 4 is 11.3 Å². The molecule has 0 aliphatic carbocycles. The van der Waals surface area contributed by atoms with Gasteiger partial charge in [0.25, 0.3) is 0 Å². The van der Waals surface area contributed by atoms with E-state index in [0.717, 1.165) is 12.0 Å². The maximum atomic E-state index is 9.31. The van der Waals surface area contributed by atoms with Crippen LogP contribution < -0.4 is 0 Å². The van der Waals surface area contributed by atoms with Gasteiger partial charge in [0.05, 0.1) is 0 Å². The van der Waals surface area contributed by atoms with Crippen molar-refractivity contribution in [1.29, 1.82) is 0 Å². The summed E-state index contributed by atoms with van der Waals surface area (Å²) in [5.41, 5.74) is 2.49. The summed E-state index contributed by atoms with van der Waals surface area (Å²) in [5, 5.41) is 9.31. The lowest BCUT2D eigenvalue weighted by Crippen LogP contribution is -1.81. The largest absolute Gasteiger partial charge is 0.508 e. The fraction of sp³-hybridized carbons (Fsp3) is 0.0588. The Labute approximate surface area is 116 Å². The molecule has 0 fully saturated rings. The van der Waals surface area contributed by atoms with E-state index in [1.807, 2.05) is 18.2 Å². The topological polar surface area (TPSA) is 20.2 Å². The second-order valence-electron chi connectivity index (χ2n) is 4.48. The quantitative estimate of drug-likeness (QED) is 0.727. The highest BCUT2D eigenvalue weighted by Crippen LogP contribution is 2.30. The highest BCUT2D eigenvalue weighted by molar-refractivity contribution is 7.15. The molecule has 0 bridgehead atoms. The molecule has 19 heavy (non-hydrogen) atoms. The zero-order valence-electron chi connectivity index (χ0n) is 10.4. The van der Waals surface area contributed by atoms with Crippen LogP contribution in [0.25, 0.3) is 10.4 Å². The first-order valence-corrected chi connectivity index (χ1v) is 7.05. The van der Waals surface area contributed by atoms with Crippen LogP contribution in [0.15, 0.2) is 66.7 Å². The van der Waals surface area contributed by atoms with E-state index in [0.29, 0.717) is 5.75 Å². The van der Waals surface area contributed by atoms with Crippen molar-refractivity contribution in [3.05, 3.63) is 77.2 Å². The van der Waals surface area contributed by atoms with Gasteiger partial charge in [-0.15, -0.1) is 11.3 Å². The summed E-state index contributed by atoms with van der Waals surface area (Å²) >= 11 is 1.81. The Morgan fingerprint density at radius 3 is 2.26 bits per heavy atom. The number of phenols is 1. The number of phenolic OH excluding ortho intramolecular Hbond substituents is 1. The number of aromatic hydroxyl groups is 1. The molecule has 0 amide bonds. The number of rotatable bonds is 3. The summed E-state index contributed by atoms with van der Waals surface area (Å²) in [6.07, 6.45) is 0.976. The predicted octanol–water partition coefficient (Wildman–Crippen LogP) is 4.71. The van der Waals surface area contributed by atoms with Gasteiger partial charge in [-0.05, 0) is 47.5 Å². The van der Waals surface area contributed by atoms with Gasteiger partial charge >= 0.3 is 0 Å². The maximum absolute atomic E-state index is 9.31. The van der Waals surface area contributed by atoms with Crippen LogP contribution in [0.2, 0.25) is 0 Å². The lowest BCUT2D eigenvalue weighted by Gasteiger charge is -1.98. The second-order valence-corrected chi connectivity index (χ2v) is 5.64. The van der Waals surface area contributed by atoms with E-state index in [9.17, 15) is 5.11 Å². The van der Waals surface area contributed by atoms with Gasteiger partial charge < -0.3 is 5.11 Å². The molecule has 3 aromatic rings. The van der Waals surface area contributed by atoms with E-state index in [1.54, 1.807) is 23.5 Å². The van der Waals surface area contributed by atoms with Crippen molar-refractivity contribution in [2.75, 3.05) is 0 Å². The molecular formula is C17H14OS. The second kappa shape index (κ2) is 5.29. The third-order valence-electron chi connectivity index (χ3n) is 3.03. The Morgan fingerprint density at radius 2 is 1.53 bits per heavy atom. The Hall–Kier alpha value is -2.06. The van der Waals surface area contributed by atoms with Crippen molar-refractivity contribution in [3.8, 4) is 16.2 Å². The molecule has 1 N–H and O–H groups in total. The van der Waals surface area contributed by atoms with Crippen LogP contribution in [0.1, 0.15) is 10.4 Å². The minimum Gasteiger partial charge on any atom is -0.508 e. The van der Waals surface area contributed by atoms with Gasteiger partial charge in [-0.1, -0.05) is 30.3 Å². The summed E-state index contributed by atoms with van der Waals surface area (Å²) in [4.78, 5) is 2.60. The minimum atomic E-state index is 0.310. The third kappa shape index (κ3) is 2.85. The number of hydrogen-bond donors (Lipinski definition) is 1. The fourth-order valence-electron chi connectivity index (χ4n) is 2.05. The third-order valence-corrected chi connectivity index (χ3v) is 4.17. The van der Waals surface area contributed by atoms with Crippen molar-refractivity contribution < 1.29 is 5.11 Å². The smallest absolute Gasteiger partial charge is 0.115 e. The van der Waals surface area contributed by atoms with Gasteiger partial charge in [0.1, 0.15) is 5.75 Å². The monoisotopic (exact) mass is 266 g/mol. The standard InChI is InChI=1S/C17H14OS/c18-15-8-6-14(7-9-15)17-11-10-16(19-17)12-13-4-2-1-3-5-13/h1-11,18H,12H2. The fourth-order valence-corrected chi connectivity index (χ4v) is 3.10. The molecule has 94 valence electrons. The van der Waals surface area contributed by atoms with Crippen LogP contribution in [-0.2, 0) is 6.42 Å². The molecule has 2 aromatic carbocycles. The van der Waals surface area contributed by atoms with Crippen molar-refractivity contribution in [1.82, 2.24) is 0 Å². The van der Waals surface area contributed by atoms with Gasteiger partial charge in [0.2, 0.25) is 0 Å². The summed E-state index contributed by atoms with van der Waals surface area (Å²) in [5.74, 6) is 0.310. The SMILES string of the molecule is Oc1ccc(-c2ccc(Cc3ccccc3)s2)cc1. The van der Waals surface area contributed by atoms with Crippen LogP contribution in [0.4, 0.5) is 0 Å². The molecular weight excluding hydrogens is 252 g/mol. The van der Waals surface area contributed by atoms with E-state index in [2.05, 4.69) is 36.4 Å². The molecule has 0 aliphatic rings. The van der Waals surface area contributed by atoms with E-state index in [-0.39, 0.29) is 0 Å². The van der Waals surface area contributed by atoms with Gasteiger partial charge in [-0.2, -0.15) is 0 Å². The first-order chi connectivity index (χ1) is 9.31. The molecule has 0 saturated heterocycles. The van der Waals surface area contributed by atoms with Crippen LogP contribution in [0.5, 0.6) is 5.75 Å². The average molecular weight is 266 g/mol. The first-order valence-electron chi connectivity index (χ1n) is 6.23. The maximum Gasteiger partial charge on any atom is 0.115 e. The van der Waals surface area contributed by atoms with Crippen LogP contribution in [0, 0.1) is 0 Å². The summed E-state index contributed by atoms with van der Waals surface area (Å²) in [7, 11) is 0. The number of benzene rings is 2. The summed E-state index contributed by atoms with van der Waals surface area (Å²) < 4.78 is 0. The number of hydrogen-bond acceptors (Lipinski definition) is 2. The zero-order valence-corrected chi connectivity index (χ0v) is 11.2. The van der Waals surface area contributed by atoms with Gasteiger partial charge in [0.15, 0.2) is 0 Å². The number of thiophene rings is 1. The molecule has 0 radical (unpaired) electrons. The Balaban J connectivity index is 1.82. The first kappa shape index (κ1) is 12.0. The van der Waals surface area contributed by atoms with Gasteiger partial charge in [-0.25, -0.2) is 0 Å². The van der Waals surface area contributed by atoms with Crippen molar-refractivity contribution in [3.63, 3.8) is 0 Å². The van der Waals surface area contributed by atoms with Crippen molar-refractivity contribution in [2.45, 2.75) is 6.42 Å². The molecule has 0 unspecified atom stereocenters. The molecule has 0 saturated carbocycles. The predicted molar refractivity (Wildman–Crippen MR) is 80.7 cm³/mol. The lowest BCUT2D eigenvalue weighted by molar-refractivity contribution is 0.475. The van der Waals surface area contributed by atoms with Crippen molar-refractivity contribution in [2.24, 2.45) is 0 Å².